The van der Waals surface area contributed by atoms with Crippen molar-refractivity contribution in [1.82, 2.24) is 5.32 Å². The Morgan fingerprint density at radius 3 is 2.80 bits per heavy atom. The summed E-state index contributed by atoms with van der Waals surface area (Å²) in [4.78, 5) is 0. The van der Waals surface area contributed by atoms with E-state index in [4.69, 9.17) is 11.6 Å². The molecule has 0 saturated heterocycles. The van der Waals surface area contributed by atoms with Gasteiger partial charge < -0.3 is 5.32 Å². The third-order valence-corrected chi connectivity index (χ3v) is 4.96. The minimum absolute atomic E-state index is 0.232. The fraction of sp³-hybridized carbons (Fsp3) is 0.647. The van der Waals surface area contributed by atoms with E-state index in [2.05, 4.69) is 19.2 Å². The van der Waals surface area contributed by atoms with Gasteiger partial charge in [-0.05, 0) is 49.3 Å². The summed E-state index contributed by atoms with van der Waals surface area (Å²) in [7, 11) is 0. The third kappa shape index (κ3) is 3.73. The molecule has 0 bridgehead atoms. The zero-order valence-electron chi connectivity index (χ0n) is 12.5. The zero-order valence-corrected chi connectivity index (χ0v) is 13.2. The molecular formula is C17H25ClFN. The van der Waals surface area contributed by atoms with E-state index in [-0.39, 0.29) is 10.8 Å². The van der Waals surface area contributed by atoms with Crippen LogP contribution in [0.1, 0.15) is 45.1 Å². The molecule has 1 saturated carbocycles. The molecule has 0 radical (unpaired) electrons. The van der Waals surface area contributed by atoms with Crippen molar-refractivity contribution in [2.75, 3.05) is 6.54 Å². The maximum Gasteiger partial charge on any atom is 0.145 e. The van der Waals surface area contributed by atoms with E-state index in [1.807, 2.05) is 12.1 Å². The van der Waals surface area contributed by atoms with Crippen LogP contribution in [0.3, 0.4) is 0 Å². The Labute approximate surface area is 126 Å². The highest BCUT2D eigenvalue weighted by atomic mass is 35.5. The van der Waals surface area contributed by atoms with Gasteiger partial charge in [-0.25, -0.2) is 4.39 Å². The summed E-state index contributed by atoms with van der Waals surface area (Å²) in [6.45, 7) is 5.32. The lowest BCUT2D eigenvalue weighted by Crippen LogP contribution is -2.37. The van der Waals surface area contributed by atoms with Crippen LogP contribution in [0.15, 0.2) is 18.2 Å². The van der Waals surface area contributed by atoms with Gasteiger partial charge >= 0.3 is 0 Å². The SMILES string of the molecule is CCNC(Cc1cccc(Cl)c1F)C1CCC(CC)C1. The largest absolute Gasteiger partial charge is 0.314 e. The first-order valence-corrected chi connectivity index (χ1v) is 8.19. The highest BCUT2D eigenvalue weighted by Crippen LogP contribution is 2.36. The maximum atomic E-state index is 14.1. The van der Waals surface area contributed by atoms with Crippen LogP contribution in [0.25, 0.3) is 0 Å². The van der Waals surface area contributed by atoms with Gasteiger partial charge in [0.05, 0.1) is 5.02 Å². The highest BCUT2D eigenvalue weighted by molar-refractivity contribution is 6.30. The van der Waals surface area contributed by atoms with Gasteiger partial charge in [-0.15, -0.1) is 0 Å². The van der Waals surface area contributed by atoms with Crippen LogP contribution >= 0.6 is 11.6 Å². The quantitative estimate of drug-likeness (QED) is 0.793. The lowest BCUT2D eigenvalue weighted by molar-refractivity contribution is 0.346. The number of hydrogen-bond acceptors (Lipinski definition) is 1. The molecule has 112 valence electrons. The Morgan fingerprint density at radius 1 is 1.35 bits per heavy atom. The van der Waals surface area contributed by atoms with Gasteiger partial charge in [0.1, 0.15) is 5.82 Å². The first kappa shape index (κ1) is 15.8. The monoisotopic (exact) mass is 297 g/mol. The molecule has 1 aromatic rings. The second-order valence-corrected chi connectivity index (χ2v) is 6.34. The molecule has 3 atom stereocenters. The fourth-order valence-electron chi connectivity index (χ4n) is 3.46. The van der Waals surface area contributed by atoms with E-state index in [9.17, 15) is 4.39 Å². The maximum absolute atomic E-state index is 14.1. The molecule has 0 spiro atoms. The van der Waals surface area contributed by atoms with Gasteiger partial charge in [0.15, 0.2) is 0 Å². The fourth-order valence-corrected chi connectivity index (χ4v) is 3.65. The summed E-state index contributed by atoms with van der Waals surface area (Å²) in [6, 6.07) is 5.68. The molecule has 0 aromatic heterocycles. The van der Waals surface area contributed by atoms with Crippen LogP contribution in [-0.4, -0.2) is 12.6 Å². The van der Waals surface area contributed by atoms with E-state index in [1.54, 1.807) is 6.07 Å². The van der Waals surface area contributed by atoms with E-state index in [1.165, 1.54) is 25.7 Å². The molecule has 1 N–H and O–H groups in total. The van der Waals surface area contributed by atoms with Gasteiger partial charge in [-0.2, -0.15) is 0 Å². The van der Waals surface area contributed by atoms with Crippen molar-refractivity contribution in [1.29, 1.82) is 0 Å². The smallest absolute Gasteiger partial charge is 0.145 e. The van der Waals surface area contributed by atoms with Gasteiger partial charge in [0.25, 0.3) is 0 Å². The molecule has 0 heterocycles. The predicted octanol–water partition coefficient (Wildman–Crippen LogP) is 4.83. The van der Waals surface area contributed by atoms with Gasteiger partial charge in [-0.1, -0.05) is 50.4 Å². The van der Waals surface area contributed by atoms with E-state index in [0.717, 1.165) is 24.4 Å². The number of nitrogens with one attached hydrogen (secondary N) is 1. The van der Waals surface area contributed by atoms with E-state index >= 15 is 0 Å². The Kier molecular flexibility index (Phi) is 5.86. The lowest BCUT2D eigenvalue weighted by atomic mass is 9.90. The second kappa shape index (κ2) is 7.42. The van der Waals surface area contributed by atoms with Crippen LogP contribution in [0.4, 0.5) is 4.39 Å². The van der Waals surface area contributed by atoms with Gasteiger partial charge in [0, 0.05) is 6.04 Å². The number of hydrogen-bond donors (Lipinski definition) is 1. The highest BCUT2D eigenvalue weighted by Gasteiger charge is 2.30. The van der Waals surface area contributed by atoms with Crippen molar-refractivity contribution in [3.8, 4) is 0 Å². The molecule has 1 fully saturated rings. The minimum atomic E-state index is -0.248. The molecule has 3 unspecified atom stereocenters. The topological polar surface area (TPSA) is 12.0 Å². The van der Waals surface area contributed by atoms with Gasteiger partial charge in [0.2, 0.25) is 0 Å². The Morgan fingerprint density at radius 2 is 2.15 bits per heavy atom. The molecule has 1 aromatic carbocycles. The molecular weight excluding hydrogens is 273 g/mol. The number of rotatable bonds is 6. The first-order chi connectivity index (χ1) is 9.65. The van der Waals surface area contributed by atoms with Crippen LogP contribution in [0.5, 0.6) is 0 Å². The van der Waals surface area contributed by atoms with Crippen molar-refractivity contribution in [2.45, 2.75) is 52.0 Å². The van der Waals surface area contributed by atoms with Crippen LogP contribution in [0, 0.1) is 17.7 Å². The predicted molar refractivity (Wildman–Crippen MR) is 83.7 cm³/mol. The summed E-state index contributed by atoms with van der Waals surface area (Å²) >= 11 is 5.88. The Hall–Kier alpha value is -0.600. The van der Waals surface area contributed by atoms with Crippen LogP contribution < -0.4 is 5.32 Å². The van der Waals surface area contributed by atoms with Crippen molar-refractivity contribution in [2.24, 2.45) is 11.8 Å². The Bertz CT molecular complexity index is 435. The number of halogens is 2. The normalized spacial score (nSPS) is 24.0. The summed E-state index contributed by atoms with van der Waals surface area (Å²) in [5.74, 6) is 1.27. The molecule has 1 nitrogen and oxygen atoms in total. The molecule has 20 heavy (non-hydrogen) atoms. The number of likely N-dealkylation sites (N-methyl/N-ethyl adjacent to an activating group) is 1. The average Bonchev–Trinajstić information content (AvgIpc) is 2.92. The lowest BCUT2D eigenvalue weighted by Gasteiger charge is -2.25. The zero-order chi connectivity index (χ0) is 14.5. The molecule has 0 aliphatic heterocycles. The number of benzene rings is 1. The minimum Gasteiger partial charge on any atom is -0.314 e. The molecule has 1 aliphatic carbocycles. The molecule has 1 aliphatic rings. The standard InChI is InChI=1S/C17H25ClFN/c1-3-12-8-9-13(10-12)16(20-4-2)11-14-6-5-7-15(18)17(14)19/h5-7,12-13,16,20H,3-4,8-11H2,1-2H3. The molecule has 3 heteroatoms. The second-order valence-electron chi connectivity index (χ2n) is 5.93. The van der Waals surface area contributed by atoms with Crippen molar-refractivity contribution in [3.05, 3.63) is 34.6 Å². The summed E-state index contributed by atoms with van der Waals surface area (Å²) in [5, 5.41) is 3.79. The van der Waals surface area contributed by atoms with Gasteiger partial charge in [-0.3, -0.25) is 0 Å². The molecule has 2 rings (SSSR count). The van der Waals surface area contributed by atoms with Crippen molar-refractivity contribution < 1.29 is 4.39 Å². The first-order valence-electron chi connectivity index (χ1n) is 7.81. The van der Waals surface area contributed by atoms with Crippen LogP contribution in [-0.2, 0) is 6.42 Å². The Balaban J connectivity index is 2.07. The van der Waals surface area contributed by atoms with E-state index in [0.29, 0.717) is 12.0 Å². The summed E-state index contributed by atoms with van der Waals surface area (Å²) in [5.41, 5.74) is 0.739. The van der Waals surface area contributed by atoms with Crippen molar-refractivity contribution >= 4 is 11.6 Å². The van der Waals surface area contributed by atoms with Crippen LogP contribution in [0.2, 0.25) is 5.02 Å². The van der Waals surface area contributed by atoms with E-state index < -0.39 is 0 Å². The summed E-state index contributed by atoms with van der Waals surface area (Å²) < 4.78 is 14.1. The third-order valence-electron chi connectivity index (χ3n) is 4.67. The molecule has 0 amide bonds. The summed E-state index contributed by atoms with van der Waals surface area (Å²) in [6.07, 6.45) is 5.86. The van der Waals surface area contributed by atoms with Crippen molar-refractivity contribution in [3.63, 3.8) is 0 Å². The average molecular weight is 298 g/mol.